The zero-order valence-corrected chi connectivity index (χ0v) is 52.6. The van der Waals surface area contributed by atoms with Gasteiger partial charge in [0.1, 0.15) is 30.5 Å². The lowest BCUT2D eigenvalue weighted by Gasteiger charge is -2.55. The molecule has 5 rings (SSSR count). The van der Waals surface area contributed by atoms with Crippen molar-refractivity contribution in [3.8, 4) is 17.2 Å². The first-order valence-corrected chi connectivity index (χ1v) is 28.6. The average Bonchev–Trinajstić information content (AvgIpc) is 3.37. The fourth-order valence-electron chi connectivity index (χ4n) is 10.1. The summed E-state index contributed by atoms with van der Waals surface area (Å²) in [6, 6.07) is 11.2. The number of phenolic OH excluding ortho intramolecular Hbond substituents is 3. The zero-order chi connectivity index (χ0) is 62.5. The first-order chi connectivity index (χ1) is 37.5. The maximum absolute atomic E-state index is 13.0. The molecule has 2 saturated heterocycles. The molecule has 2 aliphatic rings. The highest BCUT2D eigenvalue weighted by Crippen LogP contribution is 2.47. The van der Waals surface area contributed by atoms with E-state index in [0.717, 1.165) is 50.1 Å². The number of carbonyl (C=O) groups excluding carboxylic acids is 2. The standard InChI is InChI=1S/C48H74O14.C17H26O3/c1-29-17-31(19-33(37(29)54)43(3,4)5)13-15-35(52)57-24-45(9,10)41-59-26-48(27-60-41)28-61-42(62-40(48)39(56)47(21-49,22-50)23-51)46(11,12)25-58-36(53)16-14-32-18-30(2)38(55)34(20-32)44(6,7)8;1-10(15(19)20)11-8-12(16(2,3)4)14(18)13(9-11)17(5,6)7/h17-20,39-42,49-51,54-56H,13-16,21-28H2,1-12H3;8-10,18H,1-7H3,(H,19,20). The molecule has 0 saturated carbocycles. The molecule has 8 N–H and O–H groups in total. The molecule has 2 fully saturated rings. The summed E-state index contributed by atoms with van der Waals surface area (Å²) < 4.78 is 36.8. The van der Waals surface area contributed by atoms with Gasteiger partial charge >= 0.3 is 17.9 Å². The molecule has 0 aliphatic carbocycles. The van der Waals surface area contributed by atoms with Gasteiger partial charge in [-0.2, -0.15) is 0 Å². The second-order valence-corrected chi connectivity index (χ2v) is 28.7. The number of benzene rings is 3. The Labute approximate surface area is 487 Å². The highest BCUT2D eigenvalue weighted by atomic mass is 16.7. The Kier molecular flexibility index (Phi) is 22.6. The van der Waals surface area contributed by atoms with Crippen LogP contribution < -0.4 is 0 Å². The van der Waals surface area contributed by atoms with Crippen LogP contribution in [0.3, 0.4) is 0 Å². The van der Waals surface area contributed by atoms with Crippen LogP contribution in [0.1, 0.15) is 187 Å². The van der Waals surface area contributed by atoms with Crippen LogP contribution in [0.5, 0.6) is 17.2 Å². The molecule has 0 amide bonds. The number of carboxylic acid groups (broad SMARTS) is 1. The molecule has 3 aromatic carbocycles. The first-order valence-electron chi connectivity index (χ1n) is 28.6. The highest BCUT2D eigenvalue weighted by Gasteiger charge is 2.59. The summed E-state index contributed by atoms with van der Waals surface area (Å²) in [6.45, 7) is 34.2. The van der Waals surface area contributed by atoms with Crippen molar-refractivity contribution in [2.75, 3.05) is 52.9 Å². The summed E-state index contributed by atoms with van der Waals surface area (Å²) in [6.07, 6.45) is -3.63. The largest absolute Gasteiger partial charge is 0.507 e. The Bertz CT molecular complexity index is 2610. The number of esters is 2. The monoisotopic (exact) mass is 1150 g/mol. The van der Waals surface area contributed by atoms with E-state index >= 15 is 0 Å². The molecule has 2 heterocycles. The summed E-state index contributed by atoms with van der Waals surface area (Å²) in [5, 5.41) is 83.8. The van der Waals surface area contributed by atoms with Gasteiger partial charge in [0.05, 0.1) is 68.6 Å². The number of hydrogen-bond acceptors (Lipinski definition) is 16. The Balaban J connectivity index is 0.000000607. The van der Waals surface area contributed by atoms with Crippen LogP contribution in [-0.4, -0.2) is 136 Å². The van der Waals surface area contributed by atoms with Gasteiger partial charge in [0.15, 0.2) is 12.6 Å². The van der Waals surface area contributed by atoms with Gasteiger partial charge < -0.3 is 69.3 Å². The fourth-order valence-corrected chi connectivity index (χ4v) is 10.1. The van der Waals surface area contributed by atoms with E-state index in [1.165, 1.54) is 0 Å². The van der Waals surface area contributed by atoms with Crippen molar-refractivity contribution in [3.63, 3.8) is 0 Å². The van der Waals surface area contributed by atoms with E-state index < -0.39 is 90.1 Å². The summed E-state index contributed by atoms with van der Waals surface area (Å²) >= 11 is 0. The average molecular weight is 1150 g/mol. The number of aryl methyl sites for hydroxylation is 4. The Morgan fingerprint density at radius 2 is 0.902 bits per heavy atom. The smallest absolute Gasteiger partial charge is 0.310 e. The number of aromatic hydroxyl groups is 3. The summed E-state index contributed by atoms with van der Waals surface area (Å²) in [4.78, 5) is 37.2. The molecule has 462 valence electrons. The maximum atomic E-state index is 13.0. The van der Waals surface area contributed by atoms with E-state index in [1.807, 2.05) is 147 Å². The van der Waals surface area contributed by atoms with Gasteiger partial charge in [-0.15, -0.1) is 0 Å². The zero-order valence-electron chi connectivity index (χ0n) is 52.6. The van der Waals surface area contributed by atoms with E-state index in [4.69, 9.17) is 28.4 Å². The Hall–Kier alpha value is -4.85. The number of rotatable bonds is 19. The normalized spacial score (nSPS) is 20.2. The molecule has 4 atom stereocenters. The number of ether oxygens (including phenoxy) is 6. The molecule has 17 nitrogen and oxygen atoms in total. The molecule has 0 aromatic heterocycles. The third kappa shape index (κ3) is 16.9. The minimum absolute atomic E-state index is 0.0193. The summed E-state index contributed by atoms with van der Waals surface area (Å²) in [5.41, 5.74) is 1.52. The molecule has 0 radical (unpaired) electrons. The van der Waals surface area contributed by atoms with Crippen LogP contribution >= 0.6 is 0 Å². The van der Waals surface area contributed by atoms with Crippen molar-refractivity contribution in [2.45, 2.75) is 210 Å². The predicted molar refractivity (Wildman–Crippen MR) is 313 cm³/mol. The maximum Gasteiger partial charge on any atom is 0.310 e. The van der Waals surface area contributed by atoms with E-state index in [-0.39, 0.29) is 84.8 Å². The highest BCUT2D eigenvalue weighted by molar-refractivity contribution is 5.76. The van der Waals surface area contributed by atoms with Crippen LogP contribution in [0.25, 0.3) is 0 Å². The van der Waals surface area contributed by atoms with E-state index in [9.17, 15) is 55.2 Å². The predicted octanol–water partition coefficient (Wildman–Crippen LogP) is 9.61. The van der Waals surface area contributed by atoms with Crippen molar-refractivity contribution in [2.24, 2.45) is 21.7 Å². The lowest BCUT2D eigenvalue weighted by atomic mass is 9.71. The number of aliphatic hydroxyl groups excluding tert-OH is 4. The number of carboxylic acids is 1. The van der Waals surface area contributed by atoms with Gasteiger partial charge in [0.25, 0.3) is 0 Å². The molecule has 1 spiro atoms. The molecule has 3 aromatic rings. The first kappa shape index (κ1) is 69.6. The topological polar surface area (TPSA) is 268 Å². The Morgan fingerprint density at radius 3 is 1.24 bits per heavy atom. The van der Waals surface area contributed by atoms with Crippen molar-refractivity contribution < 1.29 is 83.7 Å². The molecule has 4 unspecified atom stereocenters. The Morgan fingerprint density at radius 1 is 0.561 bits per heavy atom. The quantitative estimate of drug-likeness (QED) is 0.0519. The molecule has 17 heteroatoms. The minimum Gasteiger partial charge on any atom is -0.507 e. The van der Waals surface area contributed by atoms with Crippen LogP contribution in [0.15, 0.2) is 36.4 Å². The van der Waals surface area contributed by atoms with Gasteiger partial charge in [0.2, 0.25) is 0 Å². The van der Waals surface area contributed by atoms with Crippen LogP contribution in [-0.2, 0) is 77.3 Å². The van der Waals surface area contributed by atoms with E-state index in [2.05, 4.69) is 0 Å². The molecular weight excluding hydrogens is 1050 g/mol. The number of aliphatic carboxylic acids is 1. The van der Waals surface area contributed by atoms with E-state index in [0.29, 0.717) is 12.8 Å². The van der Waals surface area contributed by atoms with Gasteiger partial charge in [-0.3, -0.25) is 14.4 Å². The number of hydrogen-bond donors (Lipinski definition) is 8. The molecule has 82 heavy (non-hydrogen) atoms. The number of phenols is 3. The third-order valence-corrected chi connectivity index (χ3v) is 16.0. The number of aliphatic hydroxyl groups is 4. The SMILES string of the molecule is CC(C(=O)O)c1cc(C(C)(C)C)c(O)c(C(C)(C)C)c1.Cc1cc(CCC(=O)OCC(C)(C)C2OCC3(CO2)COC(C(C)(C)COC(=O)CCc2cc(C)c(O)c(C(C)(C)C)c2)OC3C(O)C(CO)(CO)CO)cc(C(C)(C)C)c1O. The van der Waals surface area contributed by atoms with Crippen LogP contribution in [0.2, 0.25) is 0 Å². The molecule has 0 bridgehead atoms. The molecule has 2 aliphatic heterocycles. The minimum atomic E-state index is -1.76. The summed E-state index contributed by atoms with van der Waals surface area (Å²) in [5.74, 6) is -1.50. The van der Waals surface area contributed by atoms with Crippen molar-refractivity contribution in [1.82, 2.24) is 0 Å². The number of carbonyl (C=O) groups is 3. The van der Waals surface area contributed by atoms with Gasteiger partial charge in [-0.05, 0) is 105 Å². The van der Waals surface area contributed by atoms with Gasteiger partial charge in [-0.25, -0.2) is 0 Å². The lowest BCUT2D eigenvalue weighted by molar-refractivity contribution is -0.376. The van der Waals surface area contributed by atoms with Gasteiger partial charge in [0, 0.05) is 23.7 Å². The van der Waals surface area contributed by atoms with E-state index in [1.54, 1.807) is 20.8 Å². The van der Waals surface area contributed by atoms with Crippen LogP contribution in [0, 0.1) is 35.5 Å². The fraction of sp³-hybridized carbons (Fsp3) is 0.677. The van der Waals surface area contributed by atoms with Crippen molar-refractivity contribution in [1.29, 1.82) is 0 Å². The third-order valence-electron chi connectivity index (χ3n) is 16.0. The summed E-state index contributed by atoms with van der Waals surface area (Å²) in [7, 11) is 0. The lowest BCUT2D eigenvalue weighted by Crippen LogP contribution is -2.67. The second kappa shape index (κ2) is 26.6. The van der Waals surface area contributed by atoms with Crippen LogP contribution in [0.4, 0.5) is 0 Å². The van der Waals surface area contributed by atoms with Crippen molar-refractivity contribution in [3.05, 3.63) is 86.5 Å². The van der Waals surface area contributed by atoms with Crippen molar-refractivity contribution >= 4 is 17.9 Å². The molecular formula is C65H100O17. The van der Waals surface area contributed by atoms with Gasteiger partial charge in [-0.1, -0.05) is 147 Å². The second-order valence-electron chi connectivity index (χ2n) is 28.7.